The maximum absolute atomic E-state index is 5.76. The average Bonchev–Trinajstić information content (AvgIpc) is 3.14. The van der Waals surface area contributed by atoms with E-state index < -0.39 is 8.80 Å². The monoisotopic (exact) mass is 294 g/mol. The number of ether oxygens (including phenoxy) is 2. The molecule has 1 atom stereocenters. The van der Waals surface area contributed by atoms with E-state index in [1.165, 1.54) is 0 Å². The van der Waals surface area contributed by atoms with Crippen LogP contribution in [0.5, 0.6) is 0 Å². The lowest BCUT2D eigenvalue weighted by molar-refractivity contribution is 0.0648. The fraction of sp³-hybridized carbons (Fsp3) is 1.00. The molecule has 0 amide bonds. The average molecular weight is 294 g/mol. The molecule has 0 spiro atoms. The highest BCUT2D eigenvalue weighted by Gasteiger charge is 2.39. The molecule has 1 rings (SSSR count). The summed E-state index contributed by atoms with van der Waals surface area (Å²) >= 11 is 0. The van der Waals surface area contributed by atoms with Crippen LogP contribution in [0, 0.1) is 0 Å². The van der Waals surface area contributed by atoms with Crippen molar-refractivity contribution in [1.82, 2.24) is 0 Å². The molecule has 1 unspecified atom stereocenters. The third-order valence-corrected chi connectivity index (χ3v) is 5.72. The predicted molar refractivity (Wildman–Crippen MR) is 77.3 cm³/mol. The zero-order chi connectivity index (χ0) is 13.3. The Balaban J connectivity index is 0.00000324. The second kappa shape index (κ2) is 10.8. The van der Waals surface area contributed by atoms with Crippen LogP contribution in [-0.4, -0.2) is 54.5 Å². The molecule has 0 aliphatic carbocycles. The molecule has 1 aliphatic heterocycles. The molecule has 1 aliphatic rings. The molecule has 0 N–H and O–H groups in total. The molecule has 0 bridgehead atoms. The molecule has 0 aromatic rings. The van der Waals surface area contributed by atoms with Crippen molar-refractivity contribution in [1.29, 1.82) is 0 Å². The lowest BCUT2D eigenvalue weighted by Gasteiger charge is -2.28. The molecule has 116 valence electrons. The highest BCUT2D eigenvalue weighted by molar-refractivity contribution is 6.60. The van der Waals surface area contributed by atoms with E-state index in [1.807, 2.05) is 20.8 Å². The van der Waals surface area contributed by atoms with E-state index >= 15 is 0 Å². The Morgan fingerprint density at radius 1 is 1.05 bits per heavy atom. The van der Waals surface area contributed by atoms with E-state index in [2.05, 4.69) is 0 Å². The maximum atomic E-state index is 5.76. The molecule has 1 fully saturated rings. The van der Waals surface area contributed by atoms with Crippen molar-refractivity contribution in [3.63, 3.8) is 0 Å². The summed E-state index contributed by atoms with van der Waals surface area (Å²) < 4.78 is 27.9. The highest BCUT2D eigenvalue weighted by atomic mass is 28.4. The molecule has 0 aromatic carbocycles. The highest BCUT2D eigenvalue weighted by Crippen LogP contribution is 2.18. The van der Waals surface area contributed by atoms with Crippen molar-refractivity contribution in [2.45, 2.75) is 46.8 Å². The first-order valence-corrected chi connectivity index (χ1v) is 8.80. The summed E-state index contributed by atoms with van der Waals surface area (Å²) in [5.41, 5.74) is 0. The fourth-order valence-electron chi connectivity index (χ4n) is 1.77. The molecule has 0 aromatic heterocycles. The molecular formula is C13H30O5Si. The van der Waals surface area contributed by atoms with Crippen LogP contribution in [0.3, 0.4) is 0 Å². The normalized spacial score (nSPS) is 18.2. The van der Waals surface area contributed by atoms with Gasteiger partial charge in [-0.25, -0.2) is 0 Å². The zero-order valence-electron chi connectivity index (χ0n) is 11.8. The standard InChI is InChI=1S/C12H26O5Si.CH4/c1-4-15-18(16-5-2,17-6-3)9-7-8-13-10-12-11-14-12;/h12H,4-11H2,1-3H3;1H4. The Hall–Kier alpha value is 0.0169. The van der Waals surface area contributed by atoms with E-state index in [-0.39, 0.29) is 7.43 Å². The molecule has 19 heavy (non-hydrogen) atoms. The predicted octanol–water partition coefficient (Wildman–Crippen LogP) is 2.48. The molecular weight excluding hydrogens is 264 g/mol. The van der Waals surface area contributed by atoms with Crippen LogP contribution in [0.25, 0.3) is 0 Å². The van der Waals surface area contributed by atoms with Gasteiger partial charge in [-0.1, -0.05) is 7.43 Å². The van der Waals surface area contributed by atoms with Gasteiger partial charge in [0.25, 0.3) is 0 Å². The van der Waals surface area contributed by atoms with Gasteiger partial charge in [-0.3, -0.25) is 0 Å². The maximum Gasteiger partial charge on any atom is 0.501 e. The van der Waals surface area contributed by atoms with Gasteiger partial charge in [0.2, 0.25) is 0 Å². The van der Waals surface area contributed by atoms with Gasteiger partial charge in [0.05, 0.1) is 13.2 Å². The lowest BCUT2D eigenvalue weighted by Crippen LogP contribution is -2.46. The Bertz CT molecular complexity index is 194. The summed E-state index contributed by atoms with van der Waals surface area (Å²) in [5.74, 6) is 0. The van der Waals surface area contributed by atoms with Gasteiger partial charge in [0.1, 0.15) is 6.10 Å². The van der Waals surface area contributed by atoms with E-state index in [9.17, 15) is 0 Å². The summed E-state index contributed by atoms with van der Waals surface area (Å²) in [4.78, 5) is 0. The second-order valence-electron chi connectivity index (χ2n) is 4.12. The van der Waals surface area contributed by atoms with Gasteiger partial charge in [-0.15, -0.1) is 0 Å². The van der Waals surface area contributed by atoms with Crippen molar-refractivity contribution in [3.05, 3.63) is 0 Å². The minimum absolute atomic E-state index is 0. The molecule has 0 saturated carbocycles. The third kappa shape index (κ3) is 8.01. The van der Waals surface area contributed by atoms with Gasteiger partial charge < -0.3 is 22.8 Å². The largest absolute Gasteiger partial charge is 0.501 e. The Labute approximate surface area is 118 Å². The van der Waals surface area contributed by atoms with Gasteiger partial charge in [0, 0.05) is 32.5 Å². The van der Waals surface area contributed by atoms with Crippen molar-refractivity contribution >= 4 is 8.80 Å². The molecule has 5 nitrogen and oxygen atoms in total. The van der Waals surface area contributed by atoms with Gasteiger partial charge in [-0.2, -0.15) is 0 Å². The van der Waals surface area contributed by atoms with E-state index in [0.29, 0.717) is 39.1 Å². The molecule has 1 heterocycles. The minimum atomic E-state index is -2.47. The topological polar surface area (TPSA) is 49.5 Å². The van der Waals surface area contributed by atoms with Crippen LogP contribution in [0.15, 0.2) is 0 Å². The van der Waals surface area contributed by atoms with E-state index in [4.69, 9.17) is 22.8 Å². The number of hydrogen-bond acceptors (Lipinski definition) is 5. The minimum Gasteiger partial charge on any atom is -0.379 e. The number of epoxide rings is 1. The third-order valence-electron chi connectivity index (χ3n) is 2.57. The Morgan fingerprint density at radius 3 is 2.00 bits per heavy atom. The van der Waals surface area contributed by atoms with Gasteiger partial charge >= 0.3 is 8.80 Å². The lowest BCUT2D eigenvalue weighted by atomic mass is 10.5. The van der Waals surface area contributed by atoms with Gasteiger partial charge in [-0.05, 0) is 27.2 Å². The van der Waals surface area contributed by atoms with Crippen LogP contribution in [0.4, 0.5) is 0 Å². The van der Waals surface area contributed by atoms with E-state index in [0.717, 1.165) is 19.1 Å². The van der Waals surface area contributed by atoms with Crippen molar-refractivity contribution < 1.29 is 22.8 Å². The first kappa shape index (κ1) is 19.0. The van der Waals surface area contributed by atoms with Crippen LogP contribution in [0.2, 0.25) is 6.04 Å². The Morgan fingerprint density at radius 2 is 1.58 bits per heavy atom. The first-order valence-electron chi connectivity index (χ1n) is 6.87. The smallest absolute Gasteiger partial charge is 0.379 e. The zero-order valence-corrected chi connectivity index (χ0v) is 12.8. The first-order chi connectivity index (χ1) is 8.76. The van der Waals surface area contributed by atoms with Crippen molar-refractivity contribution in [3.8, 4) is 0 Å². The van der Waals surface area contributed by atoms with Gasteiger partial charge in [0.15, 0.2) is 0 Å². The summed E-state index contributed by atoms with van der Waals surface area (Å²) in [6, 6.07) is 0.814. The second-order valence-corrected chi connectivity index (χ2v) is 6.85. The summed E-state index contributed by atoms with van der Waals surface area (Å²) in [6.45, 7) is 10.1. The van der Waals surface area contributed by atoms with Crippen molar-refractivity contribution in [2.24, 2.45) is 0 Å². The summed E-state index contributed by atoms with van der Waals surface area (Å²) in [7, 11) is -2.47. The molecule has 1 saturated heterocycles. The fourth-order valence-corrected chi connectivity index (χ4v) is 4.35. The quantitative estimate of drug-likeness (QED) is 0.314. The number of rotatable bonds is 12. The van der Waals surface area contributed by atoms with Crippen LogP contribution >= 0.6 is 0 Å². The molecule has 6 heteroatoms. The molecule has 0 radical (unpaired) electrons. The van der Waals surface area contributed by atoms with Crippen LogP contribution in [-0.2, 0) is 22.8 Å². The summed E-state index contributed by atoms with van der Waals surface area (Å²) in [5, 5.41) is 0. The van der Waals surface area contributed by atoms with E-state index in [1.54, 1.807) is 0 Å². The van der Waals surface area contributed by atoms with Crippen LogP contribution in [0.1, 0.15) is 34.6 Å². The SMILES string of the molecule is C.CCO[Si](CCCOCC1CO1)(OCC)OCC. The Kier molecular flexibility index (Phi) is 10.8. The van der Waals surface area contributed by atoms with Crippen LogP contribution < -0.4 is 0 Å². The number of hydrogen-bond donors (Lipinski definition) is 0. The van der Waals surface area contributed by atoms with Crippen molar-refractivity contribution in [2.75, 3.05) is 39.6 Å². The summed E-state index contributed by atoms with van der Waals surface area (Å²) in [6.07, 6.45) is 1.23.